The maximum absolute atomic E-state index is 11.5. The summed E-state index contributed by atoms with van der Waals surface area (Å²) in [5.74, 6) is 0.00586. The molecule has 8 heteroatoms. The number of benzene rings is 1. The van der Waals surface area contributed by atoms with Crippen molar-refractivity contribution in [3.8, 4) is 5.75 Å². The lowest BCUT2D eigenvalue weighted by Crippen LogP contribution is -2.42. The zero-order valence-electron chi connectivity index (χ0n) is 12.5. The number of carbonyl (C=O) groups is 2. The first-order valence-electron chi connectivity index (χ1n) is 6.83. The Balaban J connectivity index is 2.35. The fourth-order valence-corrected chi connectivity index (χ4v) is 1.52. The molecule has 0 unspecified atom stereocenters. The summed E-state index contributed by atoms with van der Waals surface area (Å²) < 4.78 is 5.11. The first-order valence-corrected chi connectivity index (χ1v) is 6.83. The van der Waals surface area contributed by atoms with E-state index < -0.39 is 23.5 Å². The number of rotatable bonds is 7. The quantitative estimate of drug-likeness (QED) is 0.590. The number of nitro groups is 1. The number of hydrogen-bond acceptors (Lipinski definition) is 5. The lowest BCUT2D eigenvalue weighted by atomic mass is 10.1. The van der Waals surface area contributed by atoms with E-state index in [2.05, 4.69) is 10.6 Å². The molecule has 0 fully saturated rings. The first kappa shape index (κ1) is 17.4. The van der Waals surface area contributed by atoms with E-state index in [0.717, 1.165) is 6.42 Å². The van der Waals surface area contributed by atoms with Crippen LogP contribution in [0.2, 0.25) is 0 Å². The predicted molar refractivity (Wildman–Crippen MR) is 79.6 cm³/mol. The van der Waals surface area contributed by atoms with Gasteiger partial charge in [0.25, 0.3) is 11.6 Å². The molecule has 22 heavy (non-hydrogen) atoms. The number of nitrogens with one attached hydrogen (secondary N) is 2. The van der Waals surface area contributed by atoms with E-state index in [9.17, 15) is 19.7 Å². The van der Waals surface area contributed by atoms with Gasteiger partial charge in [-0.15, -0.1) is 0 Å². The Morgan fingerprint density at radius 2 is 2.09 bits per heavy atom. The Hall–Kier alpha value is -2.64. The van der Waals surface area contributed by atoms with E-state index in [4.69, 9.17) is 4.74 Å². The minimum Gasteiger partial charge on any atom is -0.484 e. The summed E-state index contributed by atoms with van der Waals surface area (Å²) in [6.45, 7) is 4.12. The molecule has 0 aliphatic rings. The molecule has 0 aliphatic carbocycles. The summed E-state index contributed by atoms with van der Waals surface area (Å²) in [5.41, 5.74) is -0.135. The predicted octanol–water partition coefficient (Wildman–Crippen LogP) is 1.85. The number of amides is 3. The first-order chi connectivity index (χ1) is 10.4. The van der Waals surface area contributed by atoms with Crippen LogP contribution >= 0.6 is 0 Å². The molecule has 0 heterocycles. The number of hydrogen-bond donors (Lipinski definition) is 2. The van der Waals surface area contributed by atoms with E-state index in [1.807, 2.05) is 13.8 Å². The molecule has 1 rings (SSSR count). The molecule has 0 atom stereocenters. The largest absolute Gasteiger partial charge is 0.484 e. The standard InChI is InChI=1S/C14H19N3O5/c1-10(2)6-7-15-14(19)16-13(18)9-22-12-5-3-4-11(8-12)17(20)21/h3-5,8,10H,6-7,9H2,1-2H3,(H2,15,16,18,19). The van der Waals surface area contributed by atoms with Crippen LogP contribution in [0.3, 0.4) is 0 Å². The van der Waals surface area contributed by atoms with Crippen LogP contribution in [0.15, 0.2) is 24.3 Å². The van der Waals surface area contributed by atoms with Crippen molar-refractivity contribution in [1.29, 1.82) is 0 Å². The Morgan fingerprint density at radius 1 is 1.36 bits per heavy atom. The summed E-state index contributed by atoms with van der Waals surface area (Å²) in [6.07, 6.45) is 0.811. The Bertz CT molecular complexity index is 545. The highest BCUT2D eigenvalue weighted by molar-refractivity contribution is 5.94. The molecular formula is C14H19N3O5. The number of non-ortho nitro benzene ring substituents is 1. The fraction of sp³-hybridized carbons (Fsp3) is 0.429. The van der Waals surface area contributed by atoms with Gasteiger partial charge < -0.3 is 10.1 Å². The van der Waals surface area contributed by atoms with Crippen LogP contribution in [0, 0.1) is 16.0 Å². The van der Waals surface area contributed by atoms with Gasteiger partial charge in [-0.3, -0.25) is 20.2 Å². The van der Waals surface area contributed by atoms with Gasteiger partial charge in [-0.25, -0.2) is 4.79 Å². The molecule has 2 N–H and O–H groups in total. The SMILES string of the molecule is CC(C)CCNC(=O)NC(=O)COc1cccc([N+](=O)[O-])c1. The summed E-state index contributed by atoms with van der Waals surface area (Å²) in [4.78, 5) is 33.0. The molecule has 8 nitrogen and oxygen atoms in total. The van der Waals surface area contributed by atoms with Crippen LogP contribution in [-0.4, -0.2) is 30.0 Å². The highest BCUT2D eigenvalue weighted by Gasteiger charge is 2.10. The molecule has 0 bridgehead atoms. The van der Waals surface area contributed by atoms with Crippen molar-refractivity contribution in [3.05, 3.63) is 34.4 Å². The average Bonchev–Trinajstić information content (AvgIpc) is 2.45. The third-order valence-corrected chi connectivity index (χ3v) is 2.66. The van der Waals surface area contributed by atoms with Gasteiger partial charge in [0.15, 0.2) is 6.61 Å². The van der Waals surface area contributed by atoms with E-state index in [1.165, 1.54) is 24.3 Å². The zero-order chi connectivity index (χ0) is 16.5. The Morgan fingerprint density at radius 3 is 2.73 bits per heavy atom. The highest BCUT2D eigenvalue weighted by Crippen LogP contribution is 2.18. The van der Waals surface area contributed by atoms with Crippen molar-refractivity contribution in [2.45, 2.75) is 20.3 Å². The van der Waals surface area contributed by atoms with Crippen LogP contribution in [0.1, 0.15) is 20.3 Å². The molecule has 0 aromatic heterocycles. The van der Waals surface area contributed by atoms with Crippen molar-refractivity contribution >= 4 is 17.6 Å². The number of nitro benzene ring substituents is 1. The Labute approximate surface area is 128 Å². The van der Waals surface area contributed by atoms with E-state index >= 15 is 0 Å². The van der Waals surface area contributed by atoms with Gasteiger partial charge in [-0.1, -0.05) is 19.9 Å². The molecule has 1 aromatic carbocycles. The monoisotopic (exact) mass is 309 g/mol. The molecule has 1 aromatic rings. The molecule has 3 amide bonds. The van der Waals surface area contributed by atoms with Crippen LogP contribution < -0.4 is 15.4 Å². The number of urea groups is 1. The number of nitrogens with zero attached hydrogens (tertiary/aromatic N) is 1. The summed E-state index contributed by atoms with van der Waals surface area (Å²) in [5, 5.41) is 15.3. The van der Waals surface area contributed by atoms with Crippen LogP contribution in [0.4, 0.5) is 10.5 Å². The average molecular weight is 309 g/mol. The molecule has 0 radical (unpaired) electrons. The van der Waals surface area contributed by atoms with Gasteiger partial charge in [0.05, 0.1) is 11.0 Å². The topological polar surface area (TPSA) is 111 Å². The second-order valence-corrected chi connectivity index (χ2v) is 5.03. The molecule has 0 aliphatic heterocycles. The highest BCUT2D eigenvalue weighted by atomic mass is 16.6. The van der Waals surface area contributed by atoms with E-state index in [1.54, 1.807) is 0 Å². The molecule has 0 spiro atoms. The Kier molecular flexibility index (Phi) is 6.81. The van der Waals surface area contributed by atoms with Crippen LogP contribution in [0.25, 0.3) is 0 Å². The van der Waals surface area contributed by atoms with Crippen molar-refractivity contribution in [2.75, 3.05) is 13.2 Å². The summed E-state index contributed by atoms with van der Waals surface area (Å²) in [7, 11) is 0. The second kappa shape index (κ2) is 8.60. The van der Waals surface area contributed by atoms with Gasteiger partial charge in [0, 0.05) is 12.6 Å². The van der Waals surface area contributed by atoms with Gasteiger partial charge >= 0.3 is 6.03 Å². The van der Waals surface area contributed by atoms with Crippen molar-refractivity contribution in [2.24, 2.45) is 5.92 Å². The molecule has 0 saturated carbocycles. The lowest BCUT2D eigenvalue weighted by molar-refractivity contribution is -0.384. The summed E-state index contributed by atoms with van der Waals surface area (Å²) in [6, 6.07) is 4.87. The normalized spacial score (nSPS) is 10.1. The van der Waals surface area contributed by atoms with Crippen LogP contribution in [0.5, 0.6) is 5.75 Å². The maximum Gasteiger partial charge on any atom is 0.321 e. The van der Waals surface area contributed by atoms with Gasteiger partial charge in [-0.05, 0) is 18.4 Å². The zero-order valence-corrected chi connectivity index (χ0v) is 12.5. The van der Waals surface area contributed by atoms with Gasteiger partial charge in [-0.2, -0.15) is 0 Å². The number of carbonyl (C=O) groups excluding carboxylic acids is 2. The van der Waals surface area contributed by atoms with Gasteiger partial charge in [0.2, 0.25) is 0 Å². The third-order valence-electron chi connectivity index (χ3n) is 2.66. The maximum atomic E-state index is 11.5. The molecule has 120 valence electrons. The number of imide groups is 1. The van der Waals surface area contributed by atoms with E-state index in [-0.39, 0.29) is 11.4 Å². The number of ether oxygens (including phenoxy) is 1. The molecular weight excluding hydrogens is 290 g/mol. The van der Waals surface area contributed by atoms with Crippen molar-refractivity contribution in [1.82, 2.24) is 10.6 Å². The van der Waals surface area contributed by atoms with Crippen molar-refractivity contribution in [3.63, 3.8) is 0 Å². The molecule has 0 saturated heterocycles. The lowest BCUT2D eigenvalue weighted by Gasteiger charge is -2.09. The van der Waals surface area contributed by atoms with Crippen LogP contribution in [-0.2, 0) is 4.79 Å². The summed E-state index contributed by atoms with van der Waals surface area (Å²) >= 11 is 0. The van der Waals surface area contributed by atoms with Crippen molar-refractivity contribution < 1.29 is 19.2 Å². The third kappa shape index (κ3) is 6.69. The van der Waals surface area contributed by atoms with E-state index in [0.29, 0.717) is 12.5 Å². The minimum atomic E-state index is -0.631. The second-order valence-electron chi connectivity index (χ2n) is 5.03. The fourth-order valence-electron chi connectivity index (χ4n) is 1.52. The van der Waals surface area contributed by atoms with Gasteiger partial charge in [0.1, 0.15) is 5.75 Å². The smallest absolute Gasteiger partial charge is 0.321 e. The minimum absolute atomic E-state index is 0.135.